The van der Waals surface area contributed by atoms with Gasteiger partial charge >= 0.3 is 0 Å². The molecule has 1 atom stereocenters. The van der Waals surface area contributed by atoms with Gasteiger partial charge in [0.15, 0.2) is 6.61 Å². The number of amides is 2. The summed E-state index contributed by atoms with van der Waals surface area (Å²) in [5.41, 5.74) is 3.73. The second-order valence-corrected chi connectivity index (χ2v) is 10.6. The fourth-order valence-electron chi connectivity index (χ4n) is 4.05. The lowest BCUT2D eigenvalue weighted by Gasteiger charge is -2.32. The van der Waals surface area contributed by atoms with Crippen LogP contribution in [0.4, 0.5) is 0 Å². The minimum absolute atomic E-state index is 0.137. The summed E-state index contributed by atoms with van der Waals surface area (Å²) in [6, 6.07) is 19.9. The maximum atomic E-state index is 13.7. The lowest BCUT2D eigenvalue weighted by atomic mass is 10.0. The number of rotatable bonds is 11. The Bertz CT molecular complexity index is 1190. The van der Waals surface area contributed by atoms with Gasteiger partial charge in [-0.25, -0.2) is 0 Å². The van der Waals surface area contributed by atoms with Crippen molar-refractivity contribution in [1.29, 1.82) is 0 Å². The van der Waals surface area contributed by atoms with Crippen LogP contribution in [-0.4, -0.2) is 35.9 Å². The van der Waals surface area contributed by atoms with Crippen LogP contribution in [0.15, 0.2) is 66.7 Å². The normalized spacial score (nSPS) is 11.8. The van der Waals surface area contributed by atoms with Gasteiger partial charge in [0.25, 0.3) is 5.91 Å². The van der Waals surface area contributed by atoms with Crippen LogP contribution in [-0.2, 0) is 22.6 Å². The summed E-state index contributed by atoms with van der Waals surface area (Å²) >= 11 is 12.6. The summed E-state index contributed by atoms with van der Waals surface area (Å²) in [7, 11) is 0. The molecule has 3 aromatic carbocycles. The van der Waals surface area contributed by atoms with Gasteiger partial charge in [0, 0.05) is 29.6 Å². The van der Waals surface area contributed by atoms with Gasteiger partial charge in [-0.2, -0.15) is 0 Å². The number of carbonyl (C=O) groups is 2. The topological polar surface area (TPSA) is 58.6 Å². The lowest BCUT2D eigenvalue weighted by Crippen LogP contribution is -2.52. The third kappa shape index (κ3) is 8.80. The molecule has 7 heteroatoms. The van der Waals surface area contributed by atoms with Gasteiger partial charge in [-0.3, -0.25) is 9.59 Å². The van der Waals surface area contributed by atoms with E-state index in [0.29, 0.717) is 34.3 Å². The molecular formula is C30H34Cl2N2O3. The van der Waals surface area contributed by atoms with Crippen molar-refractivity contribution in [2.45, 2.75) is 46.7 Å². The molecule has 5 nitrogen and oxygen atoms in total. The summed E-state index contributed by atoms with van der Waals surface area (Å²) < 4.78 is 5.90. The second-order valence-electron chi connectivity index (χ2n) is 9.71. The van der Waals surface area contributed by atoms with Crippen molar-refractivity contribution in [3.05, 3.63) is 99.0 Å². The highest BCUT2D eigenvalue weighted by atomic mass is 35.5. The minimum Gasteiger partial charge on any atom is -0.484 e. The fraction of sp³-hybridized carbons (Fsp3) is 0.333. The predicted molar refractivity (Wildman–Crippen MR) is 150 cm³/mol. The standard InChI is InChI=1S/C30H34Cl2N2O3/c1-20(2)17-33-30(36)28(15-23-8-6-5-7-9-23)34(18-24-10-11-25(31)16-27(24)32)29(35)19-37-26-13-21(3)12-22(4)14-26/h5-14,16,20,28H,15,17-19H2,1-4H3,(H,33,36)/t28-/m1/s1. The summed E-state index contributed by atoms with van der Waals surface area (Å²) in [4.78, 5) is 28.7. The van der Waals surface area contributed by atoms with E-state index in [1.165, 1.54) is 0 Å². The van der Waals surface area contributed by atoms with Crippen LogP contribution in [0.25, 0.3) is 0 Å². The molecule has 2 amide bonds. The fourth-order valence-corrected chi connectivity index (χ4v) is 4.52. The Morgan fingerprint density at radius 3 is 2.24 bits per heavy atom. The van der Waals surface area contributed by atoms with Crippen molar-refractivity contribution >= 4 is 35.0 Å². The molecule has 0 unspecified atom stereocenters. The van der Waals surface area contributed by atoms with Gasteiger partial charge in [-0.1, -0.05) is 79.5 Å². The third-order valence-electron chi connectivity index (χ3n) is 5.87. The number of halogens is 2. The molecule has 0 bridgehead atoms. The highest BCUT2D eigenvalue weighted by molar-refractivity contribution is 6.35. The molecule has 0 saturated carbocycles. The van der Waals surface area contributed by atoms with E-state index >= 15 is 0 Å². The molecule has 0 aliphatic rings. The Morgan fingerprint density at radius 2 is 1.62 bits per heavy atom. The van der Waals surface area contributed by atoms with Crippen LogP contribution in [0.2, 0.25) is 10.0 Å². The van der Waals surface area contributed by atoms with Gasteiger partial charge in [-0.15, -0.1) is 0 Å². The molecule has 3 rings (SSSR count). The molecule has 0 spiro atoms. The molecule has 0 heterocycles. The van der Waals surface area contributed by atoms with Crippen molar-refractivity contribution < 1.29 is 14.3 Å². The highest BCUT2D eigenvalue weighted by Crippen LogP contribution is 2.24. The first-order valence-electron chi connectivity index (χ1n) is 12.4. The van der Waals surface area contributed by atoms with Gasteiger partial charge in [-0.05, 0) is 66.3 Å². The zero-order valence-electron chi connectivity index (χ0n) is 21.8. The average Bonchev–Trinajstić information content (AvgIpc) is 2.84. The number of benzene rings is 3. The molecule has 0 aromatic heterocycles. The SMILES string of the molecule is Cc1cc(C)cc(OCC(=O)N(Cc2ccc(Cl)cc2Cl)[C@H](Cc2ccccc2)C(=O)NCC(C)C)c1. The van der Waals surface area contributed by atoms with Crippen LogP contribution in [0.3, 0.4) is 0 Å². The second kappa shape index (κ2) is 13.5. The molecule has 37 heavy (non-hydrogen) atoms. The van der Waals surface area contributed by atoms with E-state index in [2.05, 4.69) is 5.32 Å². The van der Waals surface area contributed by atoms with Crippen molar-refractivity contribution in [3.8, 4) is 5.75 Å². The molecule has 0 radical (unpaired) electrons. The highest BCUT2D eigenvalue weighted by Gasteiger charge is 2.31. The van der Waals surface area contributed by atoms with E-state index < -0.39 is 6.04 Å². The van der Waals surface area contributed by atoms with Gasteiger partial charge < -0.3 is 15.0 Å². The van der Waals surface area contributed by atoms with Crippen molar-refractivity contribution in [3.63, 3.8) is 0 Å². The predicted octanol–water partition coefficient (Wildman–Crippen LogP) is 6.40. The molecule has 0 aliphatic carbocycles. The summed E-state index contributed by atoms with van der Waals surface area (Å²) in [6.45, 7) is 8.44. The summed E-state index contributed by atoms with van der Waals surface area (Å²) in [5.74, 6) is 0.344. The quantitative estimate of drug-likeness (QED) is 0.306. The van der Waals surface area contributed by atoms with Crippen LogP contribution >= 0.6 is 23.2 Å². The van der Waals surface area contributed by atoms with Gasteiger partial charge in [0.2, 0.25) is 5.91 Å². The van der Waals surface area contributed by atoms with Gasteiger partial charge in [0.1, 0.15) is 11.8 Å². The van der Waals surface area contributed by atoms with E-state index in [4.69, 9.17) is 27.9 Å². The Labute approximate surface area is 229 Å². The van der Waals surface area contributed by atoms with E-state index in [1.807, 2.05) is 76.2 Å². The number of nitrogens with zero attached hydrogens (tertiary/aromatic N) is 1. The van der Waals surface area contributed by atoms with E-state index in [9.17, 15) is 9.59 Å². The third-order valence-corrected chi connectivity index (χ3v) is 6.46. The number of hydrogen-bond acceptors (Lipinski definition) is 3. The van der Waals surface area contributed by atoms with Crippen molar-refractivity contribution in [1.82, 2.24) is 10.2 Å². The molecule has 0 aliphatic heterocycles. The molecule has 0 fully saturated rings. The first kappa shape index (κ1) is 28.5. The Hall–Kier alpha value is -3.02. The minimum atomic E-state index is -0.761. The van der Waals surface area contributed by atoms with Crippen molar-refractivity contribution in [2.24, 2.45) is 5.92 Å². The van der Waals surface area contributed by atoms with Crippen LogP contribution in [0, 0.1) is 19.8 Å². The van der Waals surface area contributed by atoms with Crippen LogP contribution in [0.5, 0.6) is 5.75 Å². The van der Waals surface area contributed by atoms with E-state index in [1.54, 1.807) is 23.1 Å². The number of aryl methyl sites for hydroxylation is 2. The monoisotopic (exact) mass is 540 g/mol. The smallest absolute Gasteiger partial charge is 0.261 e. The van der Waals surface area contributed by atoms with E-state index in [-0.39, 0.29) is 30.9 Å². The number of ether oxygens (including phenoxy) is 1. The lowest BCUT2D eigenvalue weighted by molar-refractivity contribution is -0.142. The molecule has 0 saturated heterocycles. The molecule has 1 N–H and O–H groups in total. The van der Waals surface area contributed by atoms with Crippen LogP contribution < -0.4 is 10.1 Å². The number of carbonyl (C=O) groups excluding carboxylic acids is 2. The van der Waals surface area contributed by atoms with Crippen molar-refractivity contribution in [2.75, 3.05) is 13.2 Å². The maximum Gasteiger partial charge on any atom is 0.261 e. The first-order valence-corrected chi connectivity index (χ1v) is 13.1. The largest absolute Gasteiger partial charge is 0.484 e. The van der Waals surface area contributed by atoms with Crippen LogP contribution in [0.1, 0.15) is 36.1 Å². The van der Waals surface area contributed by atoms with E-state index in [0.717, 1.165) is 16.7 Å². The number of hydrogen-bond donors (Lipinski definition) is 1. The number of nitrogens with one attached hydrogen (secondary N) is 1. The Kier molecular flexibility index (Phi) is 10.4. The zero-order chi connectivity index (χ0) is 26.9. The summed E-state index contributed by atoms with van der Waals surface area (Å²) in [5, 5.41) is 3.94. The Balaban J connectivity index is 1.94. The average molecular weight is 542 g/mol. The molecule has 196 valence electrons. The van der Waals surface area contributed by atoms with Gasteiger partial charge in [0.05, 0.1) is 0 Å². The Morgan fingerprint density at radius 1 is 0.946 bits per heavy atom. The maximum absolute atomic E-state index is 13.7. The zero-order valence-corrected chi connectivity index (χ0v) is 23.3. The first-order chi connectivity index (χ1) is 17.6. The summed E-state index contributed by atoms with van der Waals surface area (Å²) in [6.07, 6.45) is 0.352. The molecular weight excluding hydrogens is 507 g/mol. The molecule has 3 aromatic rings.